The quantitative estimate of drug-likeness (QED) is 0.714. The van der Waals surface area contributed by atoms with Crippen molar-refractivity contribution in [2.75, 3.05) is 5.32 Å². The molecular formula is C12H16N2O4. The molecule has 0 fully saturated rings. The lowest BCUT2D eigenvalue weighted by Crippen LogP contribution is -2.32. The lowest BCUT2D eigenvalue weighted by atomic mass is 9.98. The van der Waals surface area contributed by atoms with Crippen molar-refractivity contribution < 1.29 is 19.8 Å². The molecule has 0 aromatic carbocycles. The van der Waals surface area contributed by atoms with Crippen LogP contribution in [0.25, 0.3) is 0 Å². The Morgan fingerprint density at radius 2 is 2.00 bits per heavy atom. The topological polar surface area (TPSA) is 99.5 Å². The van der Waals surface area contributed by atoms with Gasteiger partial charge in [-0.2, -0.15) is 0 Å². The van der Waals surface area contributed by atoms with Gasteiger partial charge in [0.2, 0.25) is 0 Å². The van der Waals surface area contributed by atoms with Crippen molar-refractivity contribution in [3.05, 3.63) is 23.9 Å². The van der Waals surface area contributed by atoms with Crippen LogP contribution < -0.4 is 5.32 Å². The summed E-state index contributed by atoms with van der Waals surface area (Å²) in [5, 5.41) is 20.5. The summed E-state index contributed by atoms with van der Waals surface area (Å²) in [4.78, 5) is 25.2. The van der Waals surface area contributed by atoms with Gasteiger partial charge in [0.05, 0.1) is 0 Å². The maximum absolute atomic E-state index is 10.8. The third-order valence-electron chi connectivity index (χ3n) is 2.40. The summed E-state index contributed by atoms with van der Waals surface area (Å²) >= 11 is 0. The number of aromatic carboxylic acids is 1. The molecule has 3 N–H and O–H groups in total. The zero-order valence-electron chi connectivity index (χ0n) is 10.3. The van der Waals surface area contributed by atoms with Crippen LogP contribution in [0.5, 0.6) is 0 Å². The van der Waals surface area contributed by atoms with Gasteiger partial charge in [-0.05, 0) is 32.4 Å². The Labute approximate surface area is 105 Å². The molecule has 0 saturated heterocycles. The minimum Gasteiger partial charge on any atom is -0.481 e. The van der Waals surface area contributed by atoms with E-state index in [1.54, 1.807) is 12.1 Å². The predicted octanol–water partition coefficient (Wildman–Crippen LogP) is 1.84. The van der Waals surface area contributed by atoms with Crippen molar-refractivity contribution in [1.82, 2.24) is 4.98 Å². The Balaban J connectivity index is 2.74. The van der Waals surface area contributed by atoms with Crippen LogP contribution in [0.15, 0.2) is 18.2 Å². The van der Waals surface area contributed by atoms with Gasteiger partial charge in [-0.15, -0.1) is 0 Å². The van der Waals surface area contributed by atoms with Crippen LogP contribution in [-0.4, -0.2) is 32.7 Å². The average molecular weight is 252 g/mol. The average Bonchev–Trinajstić information content (AvgIpc) is 2.26. The number of hydrogen-bond acceptors (Lipinski definition) is 4. The van der Waals surface area contributed by atoms with E-state index in [0.717, 1.165) is 0 Å². The predicted molar refractivity (Wildman–Crippen MR) is 65.8 cm³/mol. The summed E-state index contributed by atoms with van der Waals surface area (Å²) in [7, 11) is 0. The third-order valence-corrected chi connectivity index (χ3v) is 2.40. The largest absolute Gasteiger partial charge is 0.481 e. The van der Waals surface area contributed by atoms with Crippen molar-refractivity contribution >= 4 is 17.8 Å². The Morgan fingerprint density at radius 1 is 1.33 bits per heavy atom. The van der Waals surface area contributed by atoms with Crippen molar-refractivity contribution in [2.24, 2.45) is 0 Å². The molecule has 18 heavy (non-hydrogen) atoms. The molecule has 0 spiro atoms. The summed E-state index contributed by atoms with van der Waals surface area (Å²) in [6.45, 7) is 3.68. The lowest BCUT2D eigenvalue weighted by molar-refractivity contribution is -0.137. The molecule has 0 amide bonds. The highest BCUT2D eigenvalue weighted by Crippen LogP contribution is 2.18. The van der Waals surface area contributed by atoms with E-state index in [4.69, 9.17) is 10.2 Å². The number of anilines is 1. The molecule has 0 saturated carbocycles. The van der Waals surface area contributed by atoms with Crippen molar-refractivity contribution in [1.29, 1.82) is 0 Å². The first kappa shape index (κ1) is 14.0. The molecule has 6 nitrogen and oxygen atoms in total. The molecule has 0 radical (unpaired) electrons. The van der Waals surface area contributed by atoms with Crippen LogP contribution in [0.4, 0.5) is 5.82 Å². The maximum atomic E-state index is 10.8. The van der Waals surface area contributed by atoms with Crippen molar-refractivity contribution in [2.45, 2.75) is 32.2 Å². The van der Waals surface area contributed by atoms with Crippen LogP contribution in [-0.2, 0) is 4.79 Å². The van der Waals surface area contributed by atoms with Gasteiger partial charge in [-0.3, -0.25) is 4.79 Å². The number of aliphatic carboxylic acids is 1. The summed E-state index contributed by atoms with van der Waals surface area (Å²) in [5.41, 5.74) is -0.517. The van der Waals surface area contributed by atoms with Gasteiger partial charge in [-0.25, -0.2) is 9.78 Å². The second-order valence-electron chi connectivity index (χ2n) is 4.62. The molecule has 6 heteroatoms. The number of nitrogens with one attached hydrogen (secondary N) is 1. The molecule has 0 bridgehead atoms. The molecule has 1 aromatic rings. The highest BCUT2D eigenvalue weighted by Gasteiger charge is 2.19. The fraction of sp³-hybridized carbons (Fsp3) is 0.417. The molecule has 0 unspecified atom stereocenters. The van der Waals surface area contributed by atoms with E-state index in [-0.39, 0.29) is 12.1 Å². The van der Waals surface area contributed by atoms with Crippen molar-refractivity contribution in [3.63, 3.8) is 0 Å². The third kappa shape index (κ3) is 4.40. The molecule has 0 aliphatic carbocycles. The number of rotatable bonds is 6. The van der Waals surface area contributed by atoms with Gasteiger partial charge in [0.15, 0.2) is 5.69 Å². The summed E-state index contributed by atoms with van der Waals surface area (Å²) in [5.74, 6) is -1.54. The minimum absolute atomic E-state index is 0.0403. The molecule has 0 aliphatic rings. The molecule has 1 heterocycles. The second kappa shape index (κ2) is 5.48. The van der Waals surface area contributed by atoms with Gasteiger partial charge in [0.1, 0.15) is 5.82 Å². The van der Waals surface area contributed by atoms with Crippen LogP contribution in [0.3, 0.4) is 0 Å². The van der Waals surface area contributed by atoms with E-state index < -0.39 is 17.5 Å². The minimum atomic E-state index is -1.10. The number of hydrogen-bond donors (Lipinski definition) is 3. The van der Waals surface area contributed by atoms with Crippen LogP contribution in [0.1, 0.15) is 37.2 Å². The van der Waals surface area contributed by atoms with Crippen LogP contribution in [0, 0.1) is 0 Å². The van der Waals surface area contributed by atoms with E-state index >= 15 is 0 Å². The highest BCUT2D eigenvalue weighted by molar-refractivity contribution is 5.85. The smallest absolute Gasteiger partial charge is 0.354 e. The number of carboxylic acid groups (broad SMARTS) is 2. The van der Waals surface area contributed by atoms with Crippen molar-refractivity contribution in [3.8, 4) is 0 Å². The first-order chi connectivity index (χ1) is 8.30. The molecular weight excluding hydrogens is 236 g/mol. The fourth-order valence-electron chi connectivity index (χ4n) is 1.45. The second-order valence-corrected chi connectivity index (χ2v) is 4.62. The SMILES string of the molecule is CC(C)(CCC(=O)O)Nc1cccc(C(=O)O)n1. The highest BCUT2D eigenvalue weighted by atomic mass is 16.4. The number of nitrogens with zero attached hydrogens (tertiary/aromatic N) is 1. The molecule has 0 atom stereocenters. The standard InChI is InChI=1S/C12H16N2O4/c1-12(2,7-6-10(15)16)14-9-5-3-4-8(13-9)11(17)18/h3-5H,6-7H2,1-2H3,(H,13,14)(H,15,16)(H,17,18). The fourth-order valence-corrected chi connectivity index (χ4v) is 1.45. The van der Waals surface area contributed by atoms with Crippen LogP contribution in [0.2, 0.25) is 0 Å². The maximum Gasteiger partial charge on any atom is 0.354 e. The molecule has 1 rings (SSSR count). The van der Waals surface area contributed by atoms with Crippen LogP contribution >= 0.6 is 0 Å². The summed E-state index contributed by atoms with van der Waals surface area (Å²) < 4.78 is 0. The zero-order valence-corrected chi connectivity index (χ0v) is 10.3. The van der Waals surface area contributed by atoms with E-state index in [0.29, 0.717) is 12.2 Å². The number of carboxylic acids is 2. The zero-order chi connectivity index (χ0) is 13.8. The first-order valence-corrected chi connectivity index (χ1v) is 5.50. The summed E-state index contributed by atoms with van der Waals surface area (Å²) in [6.07, 6.45) is 0.458. The van der Waals surface area contributed by atoms with Gasteiger partial charge in [0.25, 0.3) is 0 Å². The van der Waals surface area contributed by atoms with E-state index in [9.17, 15) is 9.59 Å². The normalized spacial score (nSPS) is 11.0. The Bertz CT molecular complexity index is 457. The van der Waals surface area contributed by atoms with Gasteiger partial charge in [0, 0.05) is 12.0 Å². The molecule has 1 aromatic heterocycles. The lowest BCUT2D eigenvalue weighted by Gasteiger charge is -2.26. The van der Waals surface area contributed by atoms with E-state index in [2.05, 4.69) is 10.3 Å². The van der Waals surface area contributed by atoms with E-state index in [1.165, 1.54) is 6.07 Å². The number of carbonyl (C=O) groups is 2. The summed E-state index contributed by atoms with van der Waals surface area (Å²) in [6, 6.07) is 4.64. The Hall–Kier alpha value is -2.11. The van der Waals surface area contributed by atoms with Gasteiger partial charge < -0.3 is 15.5 Å². The number of pyridine rings is 1. The Kier molecular flexibility index (Phi) is 4.25. The Morgan fingerprint density at radius 3 is 2.56 bits per heavy atom. The van der Waals surface area contributed by atoms with Gasteiger partial charge >= 0.3 is 11.9 Å². The number of aromatic nitrogens is 1. The monoisotopic (exact) mass is 252 g/mol. The van der Waals surface area contributed by atoms with E-state index in [1.807, 2.05) is 13.8 Å². The molecule has 0 aliphatic heterocycles. The van der Waals surface area contributed by atoms with Gasteiger partial charge in [-0.1, -0.05) is 6.07 Å². The first-order valence-electron chi connectivity index (χ1n) is 5.50. The molecule has 98 valence electrons.